The average Bonchev–Trinajstić information content (AvgIpc) is 3.64. The number of rotatable bonds is 10. The van der Waals surface area contributed by atoms with Gasteiger partial charge in [-0.2, -0.15) is 0 Å². The maximum Gasteiger partial charge on any atom is 0.352 e. The predicted molar refractivity (Wildman–Crippen MR) is 242 cm³/mol. The Morgan fingerprint density at radius 1 is 0.883 bits per heavy atom. The van der Waals surface area contributed by atoms with Crippen LogP contribution in [0.25, 0.3) is 5.69 Å². The first-order valence-electron chi connectivity index (χ1n) is 22.7. The number of fused-ring (bicyclic) bond motifs is 1. The summed E-state index contributed by atoms with van der Waals surface area (Å²) in [5.41, 5.74) is -4.84. The van der Waals surface area contributed by atoms with Crippen LogP contribution in [-0.2, 0) is 29.5 Å². The van der Waals surface area contributed by atoms with Crippen molar-refractivity contribution in [2.75, 3.05) is 6.61 Å². The van der Waals surface area contributed by atoms with Crippen molar-refractivity contribution >= 4 is 22.6 Å². The Morgan fingerprint density at radius 2 is 1.48 bits per heavy atom. The maximum atomic E-state index is 15.6. The number of benzene rings is 1. The summed E-state index contributed by atoms with van der Waals surface area (Å²) in [7, 11) is -4.69. The van der Waals surface area contributed by atoms with Crippen LogP contribution >= 0.6 is 0 Å². The number of allylic oxidation sites excluding steroid dienone is 3. The molecule has 2 bridgehead atoms. The smallest absolute Gasteiger partial charge is 0.352 e. The van der Waals surface area contributed by atoms with Gasteiger partial charge < -0.3 is 13.6 Å². The molecule has 0 N–H and O–H groups in total. The zero-order valence-electron chi connectivity index (χ0n) is 39.3. The second-order valence-electron chi connectivity index (χ2n) is 22.9. The Kier molecular flexibility index (Phi) is 10.8. The highest BCUT2D eigenvalue weighted by molar-refractivity contribution is 6.74. The highest BCUT2D eigenvalue weighted by atomic mass is 28.4. The highest BCUT2D eigenvalue weighted by Gasteiger charge is 2.77. The lowest BCUT2D eigenvalue weighted by molar-refractivity contribution is -0.233. The fraction of sp³-hybridized carbons (Fsp3) is 0.729. The minimum absolute atomic E-state index is 0.00231. The van der Waals surface area contributed by atoms with Crippen LogP contribution in [0, 0.1) is 34.5 Å². The van der Waals surface area contributed by atoms with Gasteiger partial charge in [0.2, 0.25) is 5.67 Å². The molecule has 0 saturated heterocycles. The summed E-state index contributed by atoms with van der Waals surface area (Å²) in [4.78, 5) is 43.6. The average molecular weight is 864 g/mol. The number of carbonyl (C=O) groups excluding carboxylic acids is 1. The molecule has 8 rings (SSSR count). The fourth-order valence-electron chi connectivity index (χ4n) is 12.5. The van der Waals surface area contributed by atoms with Gasteiger partial charge in [0.1, 0.15) is 0 Å². The molecule has 2 aromatic rings. The molecule has 9 nitrogen and oxygen atoms in total. The normalized spacial score (nSPS) is 35.4. The van der Waals surface area contributed by atoms with Crippen LogP contribution in [0.5, 0.6) is 0 Å². The Hall–Kier alpha value is -2.81. The fourth-order valence-corrected chi connectivity index (χ4v) is 15.3. The van der Waals surface area contributed by atoms with Crippen LogP contribution in [0.1, 0.15) is 115 Å². The van der Waals surface area contributed by atoms with Gasteiger partial charge in [0.15, 0.2) is 16.6 Å². The van der Waals surface area contributed by atoms with Gasteiger partial charge in [0.05, 0.1) is 35.6 Å². The zero-order valence-corrected chi connectivity index (χ0v) is 41.3. The van der Waals surface area contributed by atoms with Crippen LogP contribution in [0.4, 0.5) is 4.39 Å². The minimum Gasteiger partial charge on any atom is -0.463 e. The summed E-state index contributed by atoms with van der Waals surface area (Å²) < 4.78 is 41.1. The third-order valence-corrected chi connectivity index (χ3v) is 26.7. The van der Waals surface area contributed by atoms with Gasteiger partial charge in [-0.25, -0.2) is 32.7 Å². The van der Waals surface area contributed by atoms with Crippen LogP contribution in [0.15, 0.2) is 64.2 Å². The van der Waals surface area contributed by atoms with Crippen LogP contribution in [-0.4, -0.2) is 61.0 Å². The molecule has 1 aromatic carbocycles. The van der Waals surface area contributed by atoms with Crippen molar-refractivity contribution in [2.24, 2.45) is 34.5 Å². The number of aromatic nitrogens is 3. The van der Waals surface area contributed by atoms with E-state index in [1.165, 1.54) is 17.6 Å². The molecule has 0 radical (unpaired) electrons. The zero-order chi connectivity index (χ0) is 44.4. The SMILES string of the molecule is CCOC(=O)[C@](C)(F)/C=C/[C@@H](C)[C@H]1CC[C@@H]2[C@]1(C)CC[C@H]1[C@]23C=C[C@]2(C[C@@H](O[Si](C)(C)C(C)(C)C)C[C@H](O[Si](C)(C)C(C)(C)C)[C@]12C)n1c(=O)n(-c2ccccc2)c(=O)n13. The van der Waals surface area contributed by atoms with Gasteiger partial charge >= 0.3 is 17.3 Å². The lowest BCUT2D eigenvalue weighted by atomic mass is 9.40. The van der Waals surface area contributed by atoms with Crippen molar-refractivity contribution in [1.82, 2.24) is 13.9 Å². The molecule has 332 valence electrons. The second-order valence-corrected chi connectivity index (χ2v) is 32.5. The van der Waals surface area contributed by atoms with E-state index in [0.29, 0.717) is 12.1 Å². The standard InChI is InChI=1S/C48H74FN3O6Si2/c1-16-56-39(53)45(10,49)27-24-32(2)35-22-23-36-44(35,9)26-25-37-46(11)38(58-60(14,15)43(6,7)8)30-34(57-59(12,13)42(3,4)5)31-47(46)28-29-48(36,37)52-41(55)50(40(54)51(47)52)33-20-18-17-19-21-33/h17-21,24,27-29,32,34-38H,16,22-23,25-26,30-31H2,1-15H3/b27-24+/t32-,34+,35-,36-,37-,38+,44-,45-,46+,47-,48+/m1/s1. The summed E-state index contributed by atoms with van der Waals surface area (Å²) in [6, 6.07) is 9.37. The molecule has 0 amide bonds. The lowest BCUT2D eigenvalue weighted by Gasteiger charge is -2.73. The minimum atomic E-state index is -2.40. The number of para-hydroxylation sites is 1. The van der Waals surface area contributed by atoms with Gasteiger partial charge in [-0.05, 0) is 130 Å². The molecule has 6 aliphatic rings. The number of esters is 1. The van der Waals surface area contributed by atoms with Crippen molar-refractivity contribution in [2.45, 2.75) is 180 Å². The van der Waals surface area contributed by atoms with Crippen molar-refractivity contribution in [1.29, 1.82) is 0 Å². The summed E-state index contributed by atoms with van der Waals surface area (Å²) in [5, 5.41) is -0.0847. The van der Waals surface area contributed by atoms with E-state index in [9.17, 15) is 4.79 Å². The summed E-state index contributed by atoms with van der Waals surface area (Å²) in [6.45, 7) is 32.9. The monoisotopic (exact) mass is 864 g/mol. The molecule has 3 heterocycles. The molecule has 12 heteroatoms. The van der Waals surface area contributed by atoms with E-state index in [0.717, 1.165) is 32.1 Å². The number of carbonyl (C=O) groups is 1. The number of alkyl halides is 1. The van der Waals surface area contributed by atoms with Gasteiger partial charge in [0.25, 0.3) is 0 Å². The van der Waals surface area contributed by atoms with E-state index in [4.69, 9.17) is 13.6 Å². The summed E-state index contributed by atoms with van der Waals surface area (Å²) >= 11 is 0. The molecule has 60 heavy (non-hydrogen) atoms. The van der Waals surface area contributed by atoms with Crippen LogP contribution in [0.3, 0.4) is 0 Å². The number of hydrogen-bond donors (Lipinski definition) is 0. The first kappa shape index (κ1) is 45.2. The van der Waals surface area contributed by atoms with Gasteiger partial charge in [0, 0.05) is 11.8 Å². The quantitative estimate of drug-likeness (QED) is 0.134. The molecule has 2 aliphatic heterocycles. The summed E-state index contributed by atoms with van der Waals surface area (Å²) in [6.07, 6.45) is 12.3. The lowest BCUT2D eigenvalue weighted by Crippen LogP contribution is -2.80. The topological polar surface area (TPSA) is 93.7 Å². The number of halogens is 1. The van der Waals surface area contributed by atoms with E-state index in [1.807, 2.05) is 45.8 Å². The van der Waals surface area contributed by atoms with E-state index < -0.39 is 44.8 Å². The largest absolute Gasteiger partial charge is 0.463 e. The van der Waals surface area contributed by atoms with Crippen molar-refractivity contribution in [3.63, 3.8) is 0 Å². The molecular weight excluding hydrogens is 790 g/mol. The first-order chi connectivity index (χ1) is 27.6. The first-order valence-corrected chi connectivity index (χ1v) is 28.5. The predicted octanol–water partition coefficient (Wildman–Crippen LogP) is 10.3. The van der Waals surface area contributed by atoms with E-state index in [2.05, 4.69) is 101 Å². The summed E-state index contributed by atoms with van der Waals surface area (Å²) in [5.74, 6) is -0.782. The maximum absolute atomic E-state index is 15.6. The number of ether oxygens (including phenoxy) is 1. The highest BCUT2D eigenvalue weighted by Crippen LogP contribution is 2.74. The second kappa shape index (κ2) is 14.4. The van der Waals surface area contributed by atoms with E-state index in [1.54, 1.807) is 6.92 Å². The van der Waals surface area contributed by atoms with E-state index >= 15 is 14.0 Å². The Balaban J connectivity index is 1.45. The molecule has 4 aliphatic carbocycles. The molecule has 3 saturated carbocycles. The van der Waals surface area contributed by atoms with Gasteiger partial charge in [-0.1, -0.05) is 98.7 Å². The molecule has 2 spiro atoms. The van der Waals surface area contributed by atoms with Crippen LogP contribution < -0.4 is 11.4 Å². The van der Waals surface area contributed by atoms with Crippen molar-refractivity contribution in [3.8, 4) is 5.69 Å². The van der Waals surface area contributed by atoms with E-state index in [-0.39, 0.29) is 69.4 Å². The molecule has 3 fully saturated rings. The van der Waals surface area contributed by atoms with Gasteiger partial charge in [-0.3, -0.25) is 0 Å². The molecular formula is C48H74FN3O6Si2. The van der Waals surface area contributed by atoms with Crippen molar-refractivity contribution in [3.05, 3.63) is 75.6 Å². The Morgan fingerprint density at radius 3 is 2.08 bits per heavy atom. The molecule has 0 unspecified atom stereocenters. The number of nitrogens with zero attached hydrogens (tertiary/aromatic N) is 3. The third-order valence-electron chi connectivity index (χ3n) is 17.7. The Labute approximate surface area is 360 Å². The molecule has 11 atom stereocenters. The third kappa shape index (κ3) is 6.32. The molecule has 1 aromatic heterocycles. The van der Waals surface area contributed by atoms with Crippen LogP contribution in [0.2, 0.25) is 36.3 Å². The Bertz CT molecular complexity index is 2180. The van der Waals surface area contributed by atoms with Gasteiger partial charge in [-0.15, -0.1) is 0 Å². The van der Waals surface area contributed by atoms with Crippen molar-refractivity contribution < 1.29 is 22.8 Å². The number of hydrogen-bond acceptors (Lipinski definition) is 6.